The molecule has 1 amide bonds. The van der Waals surface area contributed by atoms with E-state index >= 15 is 0 Å². The lowest BCUT2D eigenvalue weighted by atomic mass is 10.1. The van der Waals surface area contributed by atoms with Crippen LogP contribution in [0.2, 0.25) is 0 Å². The minimum Gasteiger partial charge on any atom is -0.481 e. The summed E-state index contributed by atoms with van der Waals surface area (Å²) in [5.74, 6) is -1.95. The maximum atomic E-state index is 13.3. The standard InChI is InChI=1S/C12H14FNO3/c1-14(11(15)8-12(16)17)7-6-9-4-2-3-5-10(9)13/h2-5H,6-8H2,1H3,(H,16,17). The minimum atomic E-state index is -1.16. The van der Waals surface area contributed by atoms with Crippen LogP contribution >= 0.6 is 0 Å². The van der Waals surface area contributed by atoms with E-state index in [1.807, 2.05) is 0 Å². The van der Waals surface area contributed by atoms with Gasteiger partial charge >= 0.3 is 5.97 Å². The van der Waals surface area contributed by atoms with Crippen LogP contribution in [0.3, 0.4) is 0 Å². The van der Waals surface area contributed by atoms with Gasteiger partial charge in [-0.3, -0.25) is 9.59 Å². The summed E-state index contributed by atoms with van der Waals surface area (Å²) in [6, 6.07) is 6.31. The Balaban J connectivity index is 2.48. The highest BCUT2D eigenvalue weighted by Gasteiger charge is 2.13. The summed E-state index contributed by atoms with van der Waals surface area (Å²) < 4.78 is 13.3. The molecule has 5 heteroatoms. The number of likely N-dealkylation sites (N-methyl/N-ethyl adjacent to an activating group) is 1. The molecule has 0 aliphatic rings. The molecular formula is C12H14FNO3. The summed E-state index contributed by atoms with van der Waals surface area (Å²) in [7, 11) is 1.51. The van der Waals surface area contributed by atoms with Crippen molar-refractivity contribution >= 4 is 11.9 Å². The van der Waals surface area contributed by atoms with E-state index < -0.39 is 18.3 Å². The van der Waals surface area contributed by atoms with E-state index in [0.717, 1.165) is 0 Å². The Labute approximate surface area is 98.7 Å². The predicted molar refractivity (Wildman–Crippen MR) is 60.0 cm³/mol. The molecular weight excluding hydrogens is 225 g/mol. The van der Waals surface area contributed by atoms with Crippen molar-refractivity contribution in [1.29, 1.82) is 0 Å². The van der Waals surface area contributed by atoms with Crippen LogP contribution in [-0.4, -0.2) is 35.5 Å². The number of nitrogens with zero attached hydrogens (tertiary/aromatic N) is 1. The van der Waals surface area contributed by atoms with Gasteiger partial charge in [-0.1, -0.05) is 18.2 Å². The number of amides is 1. The monoisotopic (exact) mass is 239 g/mol. The van der Waals surface area contributed by atoms with Crippen molar-refractivity contribution in [3.05, 3.63) is 35.6 Å². The Hall–Kier alpha value is -1.91. The zero-order chi connectivity index (χ0) is 12.8. The molecule has 0 aliphatic carbocycles. The average molecular weight is 239 g/mol. The summed E-state index contributed by atoms with van der Waals surface area (Å²) in [4.78, 5) is 22.9. The quantitative estimate of drug-likeness (QED) is 0.788. The van der Waals surface area contributed by atoms with Crippen LogP contribution in [-0.2, 0) is 16.0 Å². The number of benzene rings is 1. The Bertz CT molecular complexity index is 420. The highest BCUT2D eigenvalue weighted by atomic mass is 19.1. The van der Waals surface area contributed by atoms with Gasteiger partial charge in [0.15, 0.2) is 0 Å². The van der Waals surface area contributed by atoms with Crippen LogP contribution in [0, 0.1) is 5.82 Å². The first-order valence-corrected chi connectivity index (χ1v) is 5.20. The first-order valence-electron chi connectivity index (χ1n) is 5.20. The molecule has 4 nitrogen and oxygen atoms in total. The van der Waals surface area contributed by atoms with Crippen LogP contribution in [0.15, 0.2) is 24.3 Å². The van der Waals surface area contributed by atoms with Crippen molar-refractivity contribution in [2.24, 2.45) is 0 Å². The Morgan fingerprint density at radius 3 is 2.59 bits per heavy atom. The predicted octanol–water partition coefficient (Wildman–Crippen LogP) is 1.30. The van der Waals surface area contributed by atoms with Gasteiger partial charge in [0.25, 0.3) is 0 Å². The normalized spacial score (nSPS) is 10.0. The van der Waals surface area contributed by atoms with Gasteiger partial charge in [-0.05, 0) is 18.1 Å². The third-order valence-corrected chi connectivity index (χ3v) is 2.40. The molecule has 0 radical (unpaired) electrons. The van der Waals surface area contributed by atoms with E-state index in [0.29, 0.717) is 18.5 Å². The van der Waals surface area contributed by atoms with Crippen molar-refractivity contribution < 1.29 is 19.1 Å². The number of halogens is 1. The maximum absolute atomic E-state index is 13.3. The Morgan fingerprint density at radius 2 is 2.00 bits per heavy atom. The molecule has 0 bridgehead atoms. The molecule has 0 saturated heterocycles. The molecule has 0 aliphatic heterocycles. The molecule has 1 aromatic carbocycles. The van der Waals surface area contributed by atoms with Gasteiger partial charge in [0.1, 0.15) is 12.2 Å². The van der Waals surface area contributed by atoms with Crippen molar-refractivity contribution in [3.8, 4) is 0 Å². The third-order valence-electron chi connectivity index (χ3n) is 2.40. The lowest BCUT2D eigenvalue weighted by Gasteiger charge is -2.16. The lowest BCUT2D eigenvalue weighted by molar-refractivity contribution is -0.143. The molecule has 0 fully saturated rings. The summed E-state index contributed by atoms with van der Waals surface area (Å²) in [5, 5.41) is 8.45. The molecule has 0 unspecified atom stereocenters. The Morgan fingerprint density at radius 1 is 1.35 bits per heavy atom. The average Bonchev–Trinajstić information content (AvgIpc) is 2.26. The van der Waals surface area contributed by atoms with Crippen LogP contribution in [0.4, 0.5) is 4.39 Å². The molecule has 17 heavy (non-hydrogen) atoms. The second-order valence-corrected chi connectivity index (χ2v) is 3.73. The largest absolute Gasteiger partial charge is 0.481 e. The number of carbonyl (C=O) groups excluding carboxylic acids is 1. The number of carbonyl (C=O) groups is 2. The van der Waals surface area contributed by atoms with Crippen LogP contribution < -0.4 is 0 Å². The number of carboxylic acid groups (broad SMARTS) is 1. The molecule has 1 N–H and O–H groups in total. The van der Waals surface area contributed by atoms with Gasteiger partial charge in [0.2, 0.25) is 5.91 Å². The highest BCUT2D eigenvalue weighted by molar-refractivity contribution is 5.93. The fraction of sp³-hybridized carbons (Fsp3) is 0.333. The van der Waals surface area contributed by atoms with E-state index in [2.05, 4.69) is 0 Å². The maximum Gasteiger partial charge on any atom is 0.312 e. The first kappa shape index (κ1) is 13.2. The number of aliphatic carboxylic acids is 1. The van der Waals surface area contributed by atoms with Crippen molar-refractivity contribution in [2.75, 3.05) is 13.6 Å². The number of carboxylic acids is 1. The van der Waals surface area contributed by atoms with Gasteiger partial charge in [0.05, 0.1) is 0 Å². The highest BCUT2D eigenvalue weighted by Crippen LogP contribution is 2.07. The van der Waals surface area contributed by atoms with E-state index in [1.165, 1.54) is 18.0 Å². The topological polar surface area (TPSA) is 57.6 Å². The molecule has 0 heterocycles. The lowest BCUT2D eigenvalue weighted by Crippen LogP contribution is -2.30. The summed E-state index contributed by atoms with van der Waals surface area (Å²) >= 11 is 0. The molecule has 92 valence electrons. The molecule has 0 atom stereocenters. The van der Waals surface area contributed by atoms with Crippen molar-refractivity contribution in [2.45, 2.75) is 12.8 Å². The minimum absolute atomic E-state index is 0.299. The number of hydrogen-bond acceptors (Lipinski definition) is 2. The SMILES string of the molecule is CN(CCc1ccccc1F)C(=O)CC(=O)O. The second-order valence-electron chi connectivity index (χ2n) is 3.73. The van der Waals surface area contributed by atoms with Gasteiger partial charge < -0.3 is 10.0 Å². The molecule has 0 aromatic heterocycles. The molecule has 1 aromatic rings. The molecule has 1 rings (SSSR count). The zero-order valence-electron chi connectivity index (χ0n) is 9.52. The van der Waals surface area contributed by atoms with Gasteiger partial charge in [-0.15, -0.1) is 0 Å². The summed E-state index contributed by atoms with van der Waals surface area (Å²) in [5.41, 5.74) is 0.516. The summed E-state index contributed by atoms with van der Waals surface area (Å²) in [6.45, 7) is 0.299. The van der Waals surface area contributed by atoms with Gasteiger partial charge in [0, 0.05) is 13.6 Å². The Kier molecular flexibility index (Phi) is 4.63. The van der Waals surface area contributed by atoms with Crippen molar-refractivity contribution in [1.82, 2.24) is 4.90 Å². The second kappa shape index (κ2) is 5.98. The van der Waals surface area contributed by atoms with Gasteiger partial charge in [-0.25, -0.2) is 4.39 Å². The number of hydrogen-bond donors (Lipinski definition) is 1. The van der Waals surface area contributed by atoms with E-state index in [1.54, 1.807) is 18.2 Å². The van der Waals surface area contributed by atoms with Crippen LogP contribution in [0.25, 0.3) is 0 Å². The van der Waals surface area contributed by atoms with Crippen LogP contribution in [0.5, 0.6) is 0 Å². The van der Waals surface area contributed by atoms with Crippen molar-refractivity contribution in [3.63, 3.8) is 0 Å². The third kappa shape index (κ3) is 4.22. The van der Waals surface area contributed by atoms with E-state index in [9.17, 15) is 14.0 Å². The first-order chi connectivity index (χ1) is 8.00. The molecule has 0 saturated carbocycles. The number of rotatable bonds is 5. The summed E-state index contributed by atoms with van der Waals surface area (Å²) in [6.07, 6.45) is -0.164. The van der Waals surface area contributed by atoms with E-state index in [4.69, 9.17) is 5.11 Å². The van der Waals surface area contributed by atoms with Gasteiger partial charge in [-0.2, -0.15) is 0 Å². The smallest absolute Gasteiger partial charge is 0.312 e. The van der Waals surface area contributed by atoms with Crippen LogP contribution in [0.1, 0.15) is 12.0 Å². The zero-order valence-corrected chi connectivity index (χ0v) is 9.52. The fourth-order valence-corrected chi connectivity index (χ4v) is 1.38. The van der Waals surface area contributed by atoms with E-state index in [-0.39, 0.29) is 5.82 Å². The molecule has 0 spiro atoms. The fourth-order valence-electron chi connectivity index (χ4n) is 1.38.